The van der Waals surface area contributed by atoms with Gasteiger partial charge < -0.3 is 19.9 Å². The fourth-order valence-electron chi connectivity index (χ4n) is 5.09. The largest absolute Gasteiger partial charge is 0.465 e. The van der Waals surface area contributed by atoms with Crippen LogP contribution in [-0.2, 0) is 32.2 Å². The molecule has 1 saturated heterocycles. The average Bonchev–Trinajstić information content (AvgIpc) is 3.38. The number of ether oxygens (including phenoxy) is 1. The number of nitrogens with one attached hydrogen (secondary N) is 1. The lowest BCUT2D eigenvalue weighted by molar-refractivity contribution is -0.191. The Morgan fingerprint density at radius 3 is 2.04 bits per heavy atom. The number of esters is 1. The second-order valence-electron chi connectivity index (χ2n) is 11.2. The van der Waals surface area contributed by atoms with Gasteiger partial charge in [0, 0.05) is 46.5 Å². The van der Waals surface area contributed by atoms with Crippen LogP contribution in [-0.4, -0.2) is 65.1 Å². The maximum absolute atomic E-state index is 13.5. The van der Waals surface area contributed by atoms with Crippen LogP contribution in [0.1, 0.15) is 25.0 Å². The van der Waals surface area contributed by atoms with Crippen molar-refractivity contribution in [2.45, 2.75) is 38.4 Å². The number of alkyl halides is 1. The molecule has 2 atom stereocenters. The Balaban J connectivity index is 0.000000265. The Morgan fingerprint density at radius 2 is 1.48 bits per heavy atom. The molecule has 0 spiro atoms. The smallest absolute Gasteiger partial charge is 0.373 e. The Morgan fingerprint density at radius 1 is 0.942 bits per heavy atom. The summed E-state index contributed by atoms with van der Waals surface area (Å²) in [7, 11) is 0. The number of nitrogens with zero attached hydrogens (tertiary/aromatic N) is 3. The molecule has 0 bridgehead atoms. The van der Waals surface area contributed by atoms with Crippen molar-refractivity contribution in [3.05, 3.63) is 129 Å². The van der Waals surface area contributed by atoms with Gasteiger partial charge in [-0.25, -0.2) is 18.4 Å². The van der Waals surface area contributed by atoms with Crippen molar-refractivity contribution in [1.82, 2.24) is 9.80 Å². The number of anilines is 2. The van der Waals surface area contributed by atoms with Gasteiger partial charge in [0.25, 0.3) is 0 Å². The van der Waals surface area contributed by atoms with Crippen LogP contribution in [0, 0.1) is 11.6 Å². The Hall–Kier alpha value is -4.62. The number of carbonyl (C=O) groups is 3. The first-order valence-corrected chi connectivity index (χ1v) is 17.8. The van der Waals surface area contributed by atoms with E-state index in [1.165, 1.54) is 29.2 Å². The topological polar surface area (TPSA) is 116 Å². The van der Waals surface area contributed by atoms with Crippen LogP contribution in [0.2, 0.25) is 0 Å². The molecule has 1 aliphatic rings. The molecule has 274 valence electrons. The molecule has 0 saturated carbocycles. The SMILES string of the molecule is CC1CN(Cc2cccc(F)c2)C(=O)N1c1ccc(Br)cc1.CCOC(=O)C(Cl)CN(Cc1cccc(F)c1)C(=O)Nc1ccc(Br)cc1.O=C=O. The van der Waals surface area contributed by atoms with Gasteiger partial charge in [-0.15, -0.1) is 11.6 Å². The van der Waals surface area contributed by atoms with E-state index < -0.39 is 23.2 Å². The van der Waals surface area contributed by atoms with Gasteiger partial charge in [0.1, 0.15) is 17.0 Å². The Labute approximate surface area is 321 Å². The van der Waals surface area contributed by atoms with E-state index in [2.05, 4.69) is 37.2 Å². The van der Waals surface area contributed by atoms with Crippen LogP contribution in [0.15, 0.2) is 106 Å². The Bertz CT molecular complexity index is 1830. The molecule has 10 nitrogen and oxygen atoms in total. The predicted molar refractivity (Wildman–Crippen MR) is 200 cm³/mol. The molecular formula is C37H35Br2ClF2N4O6. The molecule has 1 heterocycles. The molecule has 15 heteroatoms. The van der Waals surface area contributed by atoms with Crippen LogP contribution < -0.4 is 10.2 Å². The van der Waals surface area contributed by atoms with Crippen LogP contribution >= 0.6 is 43.5 Å². The van der Waals surface area contributed by atoms with Gasteiger partial charge in [-0.2, -0.15) is 9.59 Å². The van der Waals surface area contributed by atoms with Crippen molar-refractivity contribution in [2.24, 2.45) is 0 Å². The number of hydrogen-bond donors (Lipinski definition) is 1. The molecule has 0 aliphatic carbocycles. The summed E-state index contributed by atoms with van der Waals surface area (Å²) >= 11 is 12.8. The maximum Gasteiger partial charge on any atom is 0.373 e. The van der Waals surface area contributed by atoms with Gasteiger partial charge in [-0.3, -0.25) is 9.69 Å². The van der Waals surface area contributed by atoms with E-state index in [-0.39, 0.29) is 43.7 Å². The van der Waals surface area contributed by atoms with Gasteiger partial charge in [0.05, 0.1) is 12.6 Å². The van der Waals surface area contributed by atoms with E-state index in [1.54, 1.807) is 59.2 Å². The van der Waals surface area contributed by atoms with Crippen LogP contribution in [0.3, 0.4) is 0 Å². The predicted octanol–water partition coefficient (Wildman–Crippen LogP) is 8.63. The lowest BCUT2D eigenvalue weighted by atomic mass is 10.2. The highest BCUT2D eigenvalue weighted by atomic mass is 79.9. The molecule has 1 aliphatic heterocycles. The molecule has 5 rings (SSSR count). The fourth-order valence-corrected chi connectivity index (χ4v) is 5.84. The van der Waals surface area contributed by atoms with Crippen molar-refractivity contribution in [3.63, 3.8) is 0 Å². The monoisotopic (exact) mass is 862 g/mol. The zero-order chi connectivity index (χ0) is 38.2. The molecule has 0 radical (unpaired) electrons. The first kappa shape index (κ1) is 41.8. The van der Waals surface area contributed by atoms with Gasteiger partial charge in [-0.05, 0) is 97.8 Å². The van der Waals surface area contributed by atoms with E-state index in [4.69, 9.17) is 25.9 Å². The minimum Gasteiger partial charge on any atom is -0.465 e. The number of amides is 4. The molecule has 4 amide bonds. The number of rotatable bonds is 10. The Kier molecular flexibility index (Phi) is 16.9. The van der Waals surface area contributed by atoms with Crippen molar-refractivity contribution in [1.29, 1.82) is 0 Å². The minimum absolute atomic E-state index is 0.0425. The van der Waals surface area contributed by atoms with E-state index >= 15 is 0 Å². The first-order chi connectivity index (χ1) is 24.8. The summed E-state index contributed by atoms with van der Waals surface area (Å²) in [5.41, 5.74) is 2.84. The summed E-state index contributed by atoms with van der Waals surface area (Å²) in [4.78, 5) is 58.3. The van der Waals surface area contributed by atoms with Crippen molar-refractivity contribution in [2.75, 3.05) is 29.9 Å². The highest BCUT2D eigenvalue weighted by molar-refractivity contribution is 9.10. The highest BCUT2D eigenvalue weighted by Gasteiger charge is 2.35. The molecule has 0 aromatic heterocycles. The third-order valence-electron chi connectivity index (χ3n) is 7.34. The number of hydrogen-bond acceptors (Lipinski definition) is 6. The normalized spacial score (nSPS) is 13.8. The van der Waals surface area contributed by atoms with Crippen molar-refractivity contribution >= 4 is 79.0 Å². The fraction of sp³-hybridized carbons (Fsp3) is 0.243. The molecular weight excluding hydrogens is 830 g/mol. The van der Waals surface area contributed by atoms with Crippen molar-refractivity contribution < 1.29 is 37.5 Å². The molecule has 4 aromatic rings. The average molecular weight is 865 g/mol. The lowest BCUT2D eigenvalue weighted by Crippen LogP contribution is -2.41. The van der Waals surface area contributed by atoms with E-state index in [0.717, 1.165) is 20.2 Å². The first-order valence-electron chi connectivity index (χ1n) is 15.8. The number of halogens is 5. The number of carbonyl (C=O) groups excluding carboxylic acids is 5. The van der Waals surface area contributed by atoms with E-state index in [1.807, 2.05) is 37.3 Å². The minimum atomic E-state index is -1.03. The van der Waals surface area contributed by atoms with Crippen LogP contribution in [0.4, 0.5) is 29.7 Å². The van der Waals surface area contributed by atoms with Gasteiger partial charge >= 0.3 is 24.2 Å². The van der Waals surface area contributed by atoms with Crippen molar-refractivity contribution in [3.8, 4) is 0 Å². The quantitative estimate of drug-likeness (QED) is 0.126. The summed E-state index contributed by atoms with van der Waals surface area (Å²) in [6, 6.07) is 26.6. The third-order valence-corrected chi connectivity index (χ3v) is 8.71. The zero-order valence-corrected chi connectivity index (χ0v) is 32.0. The number of urea groups is 2. The third kappa shape index (κ3) is 13.2. The summed E-state index contributed by atoms with van der Waals surface area (Å²) in [5.74, 6) is -1.30. The van der Waals surface area contributed by atoms with Crippen LogP contribution in [0.5, 0.6) is 0 Å². The standard InChI is InChI=1S/C19H19BrClFN2O3.C17H16BrFN2O.CO2/c1-2-27-18(25)17(21)12-24(11-13-4-3-5-15(22)10-13)19(26)23-16-8-6-14(20)7-9-16;1-12-10-20(11-13-3-2-4-15(19)9-13)17(22)21(12)16-7-5-14(18)6-8-16;2-1-3/h3-10,17H,2,11-12H2,1H3,(H,23,26);2-9,12H,10-11H2,1H3;. The molecule has 2 unspecified atom stereocenters. The second-order valence-corrected chi connectivity index (χ2v) is 13.6. The lowest BCUT2D eigenvalue weighted by Gasteiger charge is -2.25. The summed E-state index contributed by atoms with van der Waals surface area (Å²) in [5, 5.41) is 1.71. The summed E-state index contributed by atoms with van der Waals surface area (Å²) < 4.78 is 33.5. The second kappa shape index (κ2) is 21.0. The zero-order valence-electron chi connectivity index (χ0n) is 28.1. The molecule has 4 aromatic carbocycles. The summed E-state index contributed by atoms with van der Waals surface area (Å²) in [6.07, 6.45) is 0.250. The van der Waals surface area contributed by atoms with Gasteiger partial charge in [-0.1, -0.05) is 56.1 Å². The summed E-state index contributed by atoms with van der Waals surface area (Å²) in [6.45, 7) is 4.94. The number of benzene rings is 4. The van der Waals surface area contributed by atoms with E-state index in [9.17, 15) is 23.2 Å². The molecule has 1 fully saturated rings. The van der Waals surface area contributed by atoms with Crippen LogP contribution in [0.25, 0.3) is 0 Å². The van der Waals surface area contributed by atoms with E-state index in [0.29, 0.717) is 24.3 Å². The van der Waals surface area contributed by atoms with Gasteiger partial charge in [0.15, 0.2) is 0 Å². The molecule has 52 heavy (non-hydrogen) atoms. The highest BCUT2D eigenvalue weighted by Crippen LogP contribution is 2.27. The molecule has 1 N–H and O–H groups in total. The maximum atomic E-state index is 13.5. The van der Waals surface area contributed by atoms with Gasteiger partial charge in [0.2, 0.25) is 0 Å².